The quantitative estimate of drug-likeness (QED) is 0.496. The maximum atomic E-state index is 11.9. The monoisotopic (exact) mass is 370 g/mol. The maximum Gasteiger partial charge on any atom is 0.355 e. The van der Waals surface area contributed by atoms with Gasteiger partial charge in [-0.05, 0) is 12.1 Å². The van der Waals surface area contributed by atoms with Gasteiger partial charge in [0.05, 0.1) is 17.0 Å². The van der Waals surface area contributed by atoms with Gasteiger partial charge in [-0.1, -0.05) is 17.3 Å². The molecule has 1 aromatic carbocycles. The average Bonchev–Trinajstić information content (AvgIpc) is 3.12. The van der Waals surface area contributed by atoms with Crippen LogP contribution in [0.25, 0.3) is 16.9 Å². The van der Waals surface area contributed by atoms with Crippen molar-refractivity contribution in [3.05, 3.63) is 40.7 Å². The van der Waals surface area contributed by atoms with Crippen LogP contribution in [0, 0.1) is 10.1 Å². The molecule has 0 atom stereocenters. The van der Waals surface area contributed by atoms with Crippen molar-refractivity contribution < 1.29 is 10.0 Å². The number of hydrogen-bond acceptors (Lipinski definition) is 9. The molecule has 0 unspecified atom stereocenters. The molecule has 0 amide bonds. The molecule has 3 heterocycles. The van der Waals surface area contributed by atoms with E-state index in [1.54, 1.807) is 12.1 Å². The van der Waals surface area contributed by atoms with E-state index in [0.29, 0.717) is 43.8 Å². The highest BCUT2D eigenvalue weighted by molar-refractivity contribution is 5.77. The molecule has 1 aliphatic heterocycles. The van der Waals surface area contributed by atoms with Crippen LogP contribution in [-0.2, 0) is 0 Å². The zero-order chi connectivity index (χ0) is 18.8. The lowest BCUT2D eigenvalue weighted by Crippen LogP contribution is -2.47. The van der Waals surface area contributed by atoms with Gasteiger partial charge in [0.15, 0.2) is 0 Å². The topological polar surface area (TPSA) is 126 Å². The molecule has 4 rings (SSSR count). The Hall–Kier alpha value is -3.18. The molecule has 11 nitrogen and oxygen atoms in total. The number of aromatic nitrogens is 5. The molecular weight excluding hydrogens is 352 g/mol. The van der Waals surface area contributed by atoms with E-state index in [2.05, 4.69) is 25.2 Å². The molecule has 0 aliphatic carbocycles. The third kappa shape index (κ3) is 3.17. The minimum atomic E-state index is -0.471. The smallest absolute Gasteiger partial charge is 0.355 e. The molecule has 140 valence electrons. The van der Waals surface area contributed by atoms with Crippen molar-refractivity contribution in [3.8, 4) is 5.82 Å². The number of aliphatic hydroxyl groups is 1. The predicted molar refractivity (Wildman–Crippen MR) is 96.8 cm³/mol. The van der Waals surface area contributed by atoms with Gasteiger partial charge in [-0.2, -0.15) is 4.68 Å². The summed E-state index contributed by atoms with van der Waals surface area (Å²) >= 11 is 0. The number of piperazine rings is 1. The third-order valence-corrected chi connectivity index (χ3v) is 4.61. The zero-order valence-corrected chi connectivity index (χ0v) is 14.5. The predicted octanol–water partition coefficient (Wildman–Crippen LogP) is 0.233. The lowest BCUT2D eigenvalue weighted by atomic mass is 10.3. The summed E-state index contributed by atoms with van der Waals surface area (Å²) < 4.78 is 1.38. The van der Waals surface area contributed by atoms with E-state index < -0.39 is 4.92 Å². The van der Waals surface area contributed by atoms with Gasteiger partial charge in [-0.15, -0.1) is 5.10 Å². The van der Waals surface area contributed by atoms with Crippen molar-refractivity contribution in [3.63, 3.8) is 0 Å². The summed E-state index contributed by atoms with van der Waals surface area (Å²) in [5.41, 5.74) is 1.08. The highest BCUT2D eigenvalue weighted by Gasteiger charge is 2.31. The summed E-state index contributed by atoms with van der Waals surface area (Å²) in [6.45, 7) is 3.24. The first-order valence-electron chi connectivity index (χ1n) is 8.57. The number of fused-ring (bicyclic) bond motifs is 1. The van der Waals surface area contributed by atoms with E-state index in [1.807, 2.05) is 17.0 Å². The molecule has 3 aromatic rings. The molecule has 0 bridgehead atoms. The second-order valence-electron chi connectivity index (χ2n) is 6.17. The number of aliphatic hydroxyl groups excluding tert-OH is 1. The fourth-order valence-corrected chi connectivity index (χ4v) is 3.26. The number of rotatable bonds is 5. The first-order chi connectivity index (χ1) is 13.2. The minimum absolute atomic E-state index is 0.0940. The molecule has 1 aliphatic rings. The van der Waals surface area contributed by atoms with E-state index in [4.69, 9.17) is 5.11 Å². The number of para-hydroxylation sites is 1. The molecule has 11 heteroatoms. The number of benzene rings is 1. The van der Waals surface area contributed by atoms with Crippen LogP contribution in [0.2, 0.25) is 0 Å². The molecule has 1 saturated heterocycles. The fourth-order valence-electron chi connectivity index (χ4n) is 3.26. The van der Waals surface area contributed by atoms with Crippen molar-refractivity contribution in [2.75, 3.05) is 44.2 Å². The molecular formula is C16H18N8O3. The lowest BCUT2D eigenvalue weighted by molar-refractivity contribution is -0.384. The Labute approximate surface area is 154 Å². The first kappa shape index (κ1) is 17.2. The Kier molecular flexibility index (Phi) is 4.60. The van der Waals surface area contributed by atoms with Crippen LogP contribution in [-0.4, -0.2) is 79.2 Å². The van der Waals surface area contributed by atoms with Gasteiger partial charge >= 0.3 is 5.69 Å². The van der Waals surface area contributed by atoms with Gasteiger partial charge in [-0.3, -0.25) is 15.0 Å². The number of nitrogens with zero attached hydrogens (tertiary/aromatic N) is 8. The maximum absolute atomic E-state index is 11.9. The van der Waals surface area contributed by atoms with E-state index in [9.17, 15) is 10.1 Å². The summed E-state index contributed by atoms with van der Waals surface area (Å²) in [6, 6.07) is 7.21. The largest absolute Gasteiger partial charge is 0.395 e. The summed E-state index contributed by atoms with van der Waals surface area (Å²) in [6.07, 6.45) is 1.31. The molecule has 1 fully saturated rings. The number of hydrogen-bond donors (Lipinski definition) is 1. The molecule has 0 radical (unpaired) electrons. The van der Waals surface area contributed by atoms with Gasteiger partial charge in [0.2, 0.25) is 11.6 Å². The Morgan fingerprint density at radius 3 is 2.59 bits per heavy atom. The third-order valence-electron chi connectivity index (χ3n) is 4.61. The van der Waals surface area contributed by atoms with Crippen LogP contribution >= 0.6 is 0 Å². The van der Waals surface area contributed by atoms with Crippen molar-refractivity contribution in [2.45, 2.75) is 0 Å². The average molecular weight is 370 g/mol. The van der Waals surface area contributed by atoms with Crippen LogP contribution in [0.1, 0.15) is 0 Å². The van der Waals surface area contributed by atoms with Crippen molar-refractivity contribution >= 4 is 22.5 Å². The van der Waals surface area contributed by atoms with E-state index in [-0.39, 0.29) is 23.9 Å². The van der Waals surface area contributed by atoms with Crippen molar-refractivity contribution in [1.29, 1.82) is 0 Å². The van der Waals surface area contributed by atoms with Gasteiger partial charge in [0, 0.05) is 32.7 Å². The van der Waals surface area contributed by atoms with Crippen molar-refractivity contribution in [1.82, 2.24) is 29.9 Å². The highest BCUT2D eigenvalue weighted by atomic mass is 16.6. The Balaban J connectivity index is 1.75. The van der Waals surface area contributed by atoms with Gasteiger partial charge in [0.25, 0.3) is 0 Å². The molecule has 27 heavy (non-hydrogen) atoms. The standard InChI is InChI=1S/C16H18N8O3/c25-10-9-21-5-7-22(8-6-21)15-14(24(26)27)16(18-11-17-15)23-13-4-2-1-3-12(13)19-20-23/h1-4,11,25H,5-10H2. The van der Waals surface area contributed by atoms with Crippen LogP contribution in [0.15, 0.2) is 30.6 Å². The van der Waals surface area contributed by atoms with Gasteiger partial charge < -0.3 is 10.0 Å². The van der Waals surface area contributed by atoms with E-state index in [1.165, 1.54) is 11.0 Å². The number of β-amino-alcohol motifs (C(OH)–C–C–N with tert-alkyl or cyclic N) is 1. The van der Waals surface area contributed by atoms with Gasteiger partial charge in [0.1, 0.15) is 11.8 Å². The lowest BCUT2D eigenvalue weighted by Gasteiger charge is -2.34. The molecule has 0 saturated carbocycles. The Morgan fingerprint density at radius 1 is 1.11 bits per heavy atom. The summed E-state index contributed by atoms with van der Waals surface area (Å²) in [7, 11) is 0. The Morgan fingerprint density at radius 2 is 1.85 bits per heavy atom. The van der Waals surface area contributed by atoms with Crippen LogP contribution in [0.4, 0.5) is 11.5 Å². The SMILES string of the molecule is O=[N+]([O-])c1c(N2CCN(CCO)CC2)ncnc1-n1nnc2ccccc21. The summed E-state index contributed by atoms with van der Waals surface area (Å²) in [5, 5.41) is 29.0. The van der Waals surface area contributed by atoms with Gasteiger partial charge in [-0.25, -0.2) is 9.97 Å². The number of anilines is 1. The zero-order valence-electron chi connectivity index (χ0n) is 14.5. The molecule has 2 aromatic heterocycles. The van der Waals surface area contributed by atoms with Crippen LogP contribution in [0.3, 0.4) is 0 Å². The number of nitro groups is 1. The first-order valence-corrected chi connectivity index (χ1v) is 8.57. The van der Waals surface area contributed by atoms with Crippen LogP contribution < -0.4 is 4.90 Å². The fraction of sp³-hybridized carbons (Fsp3) is 0.375. The molecule has 0 spiro atoms. The minimum Gasteiger partial charge on any atom is -0.395 e. The van der Waals surface area contributed by atoms with Crippen LogP contribution in [0.5, 0.6) is 0 Å². The highest BCUT2D eigenvalue weighted by Crippen LogP contribution is 2.32. The van der Waals surface area contributed by atoms with Crippen molar-refractivity contribution in [2.24, 2.45) is 0 Å². The Bertz CT molecular complexity index is 967. The summed E-state index contributed by atoms with van der Waals surface area (Å²) in [4.78, 5) is 23.7. The molecule has 1 N–H and O–H groups in total. The normalized spacial score (nSPS) is 15.4. The van der Waals surface area contributed by atoms with E-state index in [0.717, 1.165) is 0 Å². The second-order valence-corrected chi connectivity index (χ2v) is 6.17. The summed E-state index contributed by atoms with van der Waals surface area (Å²) in [5.74, 6) is 0.365. The second kappa shape index (κ2) is 7.21. The van der Waals surface area contributed by atoms with E-state index >= 15 is 0 Å².